The van der Waals surface area contributed by atoms with Crippen molar-refractivity contribution in [2.75, 3.05) is 18.4 Å². The Morgan fingerprint density at radius 1 is 1.23 bits per heavy atom. The number of carbonyl (C=O) groups excluding carboxylic acids is 3. The Labute approximate surface area is 175 Å². The Hall–Kier alpha value is -2.90. The number of oxime groups is 1. The van der Waals surface area contributed by atoms with Gasteiger partial charge in [-0.2, -0.15) is 0 Å². The summed E-state index contributed by atoms with van der Waals surface area (Å²) in [5.74, 6) is 0.480. The highest BCUT2D eigenvalue weighted by molar-refractivity contribution is 5.95. The lowest BCUT2D eigenvalue weighted by Crippen LogP contribution is -2.42. The number of carbonyl (C=O) groups is 3. The molecule has 2 fully saturated rings. The molecule has 2 atom stereocenters. The Bertz CT molecular complexity index is 924. The van der Waals surface area contributed by atoms with Crippen LogP contribution in [0.3, 0.4) is 0 Å². The summed E-state index contributed by atoms with van der Waals surface area (Å²) in [6.45, 7) is 1.14. The van der Waals surface area contributed by atoms with E-state index in [9.17, 15) is 14.4 Å². The number of hydrogen-bond acceptors (Lipinski definition) is 5. The average molecular weight is 410 g/mol. The molecule has 0 bridgehead atoms. The lowest BCUT2D eigenvalue weighted by Gasteiger charge is -2.20. The summed E-state index contributed by atoms with van der Waals surface area (Å²) < 4.78 is 0. The van der Waals surface area contributed by atoms with Crippen LogP contribution in [0.4, 0.5) is 5.69 Å². The van der Waals surface area contributed by atoms with E-state index in [0.717, 1.165) is 41.8 Å². The molecule has 0 radical (unpaired) electrons. The molecular formula is C22H26N4O4. The second-order valence-electron chi connectivity index (χ2n) is 8.71. The van der Waals surface area contributed by atoms with Crippen molar-refractivity contribution in [2.24, 2.45) is 11.1 Å². The van der Waals surface area contributed by atoms with E-state index in [1.807, 2.05) is 18.2 Å². The Balaban J connectivity index is 1.10. The van der Waals surface area contributed by atoms with Crippen molar-refractivity contribution < 1.29 is 19.2 Å². The fourth-order valence-corrected chi connectivity index (χ4v) is 4.48. The van der Waals surface area contributed by atoms with Crippen molar-refractivity contribution in [2.45, 2.75) is 57.1 Å². The largest absolute Gasteiger partial charge is 0.382 e. The van der Waals surface area contributed by atoms with Crippen molar-refractivity contribution in [1.29, 1.82) is 0 Å². The van der Waals surface area contributed by atoms with Gasteiger partial charge in [-0.15, -0.1) is 0 Å². The third-order valence-corrected chi connectivity index (χ3v) is 6.31. The van der Waals surface area contributed by atoms with Gasteiger partial charge >= 0.3 is 0 Å². The van der Waals surface area contributed by atoms with Crippen LogP contribution < -0.4 is 10.6 Å². The van der Waals surface area contributed by atoms with E-state index in [-0.39, 0.29) is 30.2 Å². The molecule has 4 aliphatic rings. The third kappa shape index (κ3) is 4.04. The molecule has 3 aliphatic heterocycles. The maximum Gasteiger partial charge on any atom is 0.266 e. The van der Waals surface area contributed by atoms with Gasteiger partial charge in [-0.05, 0) is 42.9 Å². The fourth-order valence-electron chi connectivity index (χ4n) is 4.48. The zero-order valence-electron chi connectivity index (χ0n) is 16.9. The molecule has 3 heterocycles. The van der Waals surface area contributed by atoms with Crippen LogP contribution in [-0.4, -0.2) is 53.6 Å². The second-order valence-corrected chi connectivity index (χ2v) is 8.71. The van der Waals surface area contributed by atoms with E-state index in [1.54, 1.807) is 4.90 Å². The van der Waals surface area contributed by atoms with Gasteiger partial charge in [0.2, 0.25) is 17.9 Å². The predicted molar refractivity (Wildman–Crippen MR) is 110 cm³/mol. The molecule has 158 valence electrons. The van der Waals surface area contributed by atoms with Gasteiger partial charge in [-0.1, -0.05) is 17.3 Å². The van der Waals surface area contributed by atoms with E-state index in [1.165, 1.54) is 0 Å². The van der Waals surface area contributed by atoms with E-state index >= 15 is 0 Å². The van der Waals surface area contributed by atoms with Gasteiger partial charge in [0.25, 0.3) is 5.91 Å². The van der Waals surface area contributed by atoms with Crippen LogP contribution in [0, 0.1) is 5.92 Å². The van der Waals surface area contributed by atoms with E-state index in [0.29, 0.717) is 38.3 Å². The summed E-state index contributed by atoms with van der Waals surface area (Å²) in [5.41, 5.74) is 3.87. The summed E-state index contributed by atoms with van der Waals surface area (Å²) in [6, 6.07) is 5.70. The highest BCUT2D eigenvalue weighted by Crippen LogP contribution is 2.35. The number of hydrogen-bond donors (Lipinski definition) is 2. The second kappa shape index (κ2) is 7.74. The monoisotopic (exact) mass is 410 g/mol. The molecule has 1 aliphatic carbocycles. The number of nitrogens with one attached hydrogen (secondary N) is 2. The van der Waals surface area contributed by atoms with Gasteiger partial charge in [-0.3, -0.25) is 14.4 Å². The lowest BCUT2D eigenvalue weighted by molar-refractivity contribution is -0.141. The first kappa shape index (κ1) is 19.1. The first-order valence-corrected chi connectivity index (χ1v) is 10.8. The minimum atomic E-state index is -0.494. The van der Waals surface area contributed by atoms with Crippen LogP contribution in [0.25, 0.3) is 0 Å². The molecule has 30 heavy (non-hydrogen) atoms. The van der Waals surface area contributed by atoms with Crippen molar-refractivity contribution in [3.8, 4) is 0 Å². The number of aryl methyl sites for hydroxylation is 1. The molecular weight excluding hydrogens is 384 g/mol. The standard InChI is InChI=1S/C22H26N4O4/c27-20-6-4-15-9-13(1-5-17(15)24-20)10-21(28)23-16-7-8-26(12-16)22(29)19-11-18(25-30-19)14-2-3-14/h1,5,9,14,16,19H,2-4,6-8,10-12H2,(H,23,28)(H,24,27)/t16-,19?/m0/s1. The number of anilines is 1. The zero-order valence-corrected chi connectivity index (χ0v) is 16.9. The molecule has 1 saturated carbocycles. The van der Waals surface area contributed by atoms with Gasteiger partial charge in [0.05, 0.1) is 12.1 Å². The van der Waals surface area contributed by atoms with Gasteiger partial charge in [0, 0.05) is 43.6 Å². The summed E-state index contributed by atoms with van der Waals surface area (Å²) in [5, 5.41) is 10.0. The highest BCUT2D eigenvalue weighted by Gasteiger charge is 2.40. The van der Waals surface area contributed by atoms with Gasteiger partial charge in [-0.25, -0.2) is 0 Å². The normalized spacial score (nSPS) is 25.3. The maximum absolute atomic E-state index is 12.7. The number of nitrogens with zero attached hydrogens (tertiary/aromatic N) is 2. The lowest BCUT2D eigenvalue weighted by atomic mass is 9.99. The van der Waals surface area contributed by atoms with Gasteiger partial charge < -0.3 is 20.4 Å². The van der Waals surface area contributed by atoms with E-state index in [4.69, 9.17) is 4.84 Å². The molecule has 1 aromatic carbocycles. The smallest absolute Gasteiger partial charge is 0.266 e. The zero-order chi connectivity index (χ0) is 20.7. The van der Waals surface area contributed by atoms with Crippen molar-refractivity contribution in [3.05, 3.63) is 29.3 Å². The Morgan fingerprint density at radius 2 is 2.10 bits per heavy atom. The number of fused-ring (bicyclic) bond motifs is 1. The Morgan fingerprint density at radius 3 is 2.93 bits per heavy atom. The molecule has 8 nitrogen and oxygen atoms in total. The van der Waals surface area contributed by atoms with Crippen LogP contribution in [0.1, 0.15) is 43.2 Å². The molecule has 8 heteroatoms. The van der Waals surface area contributed by atoms with E-state index in [2.05, 4.69) is 15.8 Å². The quantitative estimate of drug-likeness (QED) is 0.766. The molecule has 0 aromatic heterocycles. The molecule has 2 N–H and O–H groups in total. The van der Waals surface area contributed by atoms with Crippen LogP contribution in [-0.2, 0) is 32.1 Å². The maximum atomic E-state index is 12.7. The topological polar surface area (TPSA) is 100 Å². The van der Waals surface area contributed by atoms with E-state index < -0.39 is 6.10 Å². The molecule has 1 unspecified atom stereocenters. The summed E-state index contributed by atoms with van der Waals surface area (Å²) in [7, 11) is 0. The summed E-state index contributed by atoms with van der Waals surface area (Å²) >= 11 is 0. The van der Waals surface area contributed by atoms with Crippen LogP contribution in [0.5, 0.6) is 0 Å². The molecule has 1 aromatic rings. The predicted octanol–water partition coefficient (Wildman–Crippen LogP) is 1.39. The molecule has 5 rings (SSSR count). The first-order valence-electron chi connectivity index (χ1n) is 10.8. The first-order chi connectivity index (χ1) is 14.5. The minimum Gasteiger partial charge on any atom is -0.382 e. The van der Waals surface area contributed by atoms with Crippen molar-refractivity contribution in [3.63, 3.8) is 0 Å². The summed E-state index contributed by atoms with van der Waals surface area (Å²) in [6.07, 6.45) is 4.63. The number of amides is 3. The molecule has 3 amide bonds. The molecule has 0 spiro atoms. The average Bonchev–Trinajstić information content (AvgIpc) is 3.28. The van der Waals surface area contributed by atoms with Crippen LogP contribution in [0.2, 0.25) is 0 Å². The number of likely N-dealkylation sites (tertiary alicyclic amines) is 1. The number of rotatable bonds is 5. The number of benzene rings is 1. The fraction of sp³-hybridized carbons (Fsp3) is 0.545. The van der Waals surface area contributed by atoms with Crippen molar-refractivity contribution >= 4 is 29.1 Å². The summed E-state index contributed by atoms with van der Waals surface area (Å²) in [4.78, 5) is 43.8. The highest BCUT2D eigenvalue weighted by atomic mass is 16.6. The minimum absolute atomic E-state index is 0.0251. The van der Waals surface area contributed by atoms with Crippen LogP contribution in [0.15, 0.2) is 23.4 Å². The van der Waals surface area contributed by atoms with Crippen molar-refractivity contribution in [1.82, 2.24) is 10.2 Å². The molecule has 1 saturated heterocycles. The third-order valence-electron chi connectivity index (χ3n) is 6.31. The Kier molecular flexibility index (Phi) is 4.92. The van der Waals surface area contributed by atoms with Crippen LogP contribution >= 0.6 is 0 Å². The van der Waals surface area contributed by atoms with Gasteiger partial charge in [0.1, 0.15) is 0 Å². The SMILES string of the molecule is O=C1CCc2cc(CC(=O)N[C@H]3CCN(C(=O)C4CC(C5CC5)=NO4)C3)ccc2N1. The van der Waals surface area contributed by atoms with Gasteiger partial charge in [0.15, 0.2) is 0 Å².